The number of nitrogens with one attached hydrogen (secondary N) is 1. The molecule has 0 radical (unpaired) electrons. The molecule has 2 atom stereocenters. The first-order valence-electron chi connectivity index (χ1n) is 7.30. The molecule has 1 N–H and O–H groups in total. The Hall–Kier alpha value is -1.55. The number of aromatic nitrogens is 1. The Balaban J connectivity index is 2.48. The SMILES string of the molecule is CCn1c(=O)oc2cc(C(NC)C(C)C(C)C)ccc21. The molecule has 110 valence electrons. The first kappa shape index (κ1) is 14.9. The quantitative estimate of drug-likeness (QED) is 0.912. The molecular weight excluding hydrogens is 252 g/mol. The van der Waals surface area contributed by atoms with Gasteiger partial charge in [-0.05, 0) is 43.5 Å². The van der Waals surface area contributed by atoms with Crippen molar-refractivity contribution >= 4 is 11.1 Å². The van der Waals surface area contributed by atoms with Crippen LogP contribution in [0.2, 0.25) is 0 Å². The molecule has 1 aromatic carbocycles. The maximum absolute atomic E-state index is 11.7. The molecule has 0 spiro atoms. The Morgan fingerprint density at radius 3 is 2.55 bits per heavy atom. The molecule has 2 unspecified atom stereocenters. The zero-order chi connectivity index (χ0) is 14.9. The van der Waals surface area contributed by atoms with Gasteiger partial charge in [0.1, 0.15) is 0 Å². The summed E-state index contributed by atoms with van der Waals surface area (Å²) < 4.78 is 7.00. The van der Waals surface area contributed by atoms with Crippen molar-refractivity contribution in [3.05, 3.63) is 34.3 Å². The third-order valence-corrected chi connectivity index (χ3v) is 4.26. The summed E-state index contributed by atoms with van der Waals surface area (Å²) in [5.41, 5.74) is 2.71. The summed E-state index contributed by atoms with van der Waals surface area (Å²) in [4.78, 5) is 11.7. The van der Waals surface area contributed by atoms with E-state index in [9.17, 15) is 4.79 Å². The van der Waals surface area contributed by atoms with Crippen LogP contribution in [0.4, 0.5) is 0 Å². The first-order valence-corrected chi connectivity index (χ1v) is 7.30. The van der Waals surface area contributed by atoms with E-state index in [-0.39, 0.29) is 11.8 Å². The normalized spacial score (nSPS) is 14.9. The first-order chi connectivity index (χ1) is 9.49. The monoisotopic (exact) mass is 276 g/mol. The summed E-state index contributed by atoms with van der Waals surface area (Å²) in [5.74, 6) is 0.797. The van der Waals surface area contributed by atoms with Crippen molar-refractivity contribution in [1.82, 2.24) is 9.88 Å². The van der Waals surface area contributed by atoms with Gasteiger partial charge in [-0.3, -0.25) is 4.57 Å². The second-order valence-corrected chi connectivity index (χ2v) is 5.71. The molecule has 0 aliphatic rings. The summed E-state index contributed by atoms with van der Waals surface area (Å²) in [7, 11) is 1.97. The Bertz CT molecular complexity index is 639. The summed E-state index contributed by atoms with van der Waals surface area (Å²) in [6, 6.07) is 6.32. The molecule has 0 aliphatic carbocycles. The van der Waals surface area contributed by atoms with E-state index in [1.165, 1.54) is 5.56 Å². The summed E-state index contributed by atoms with van der Waals surface area (Å²) in [5, 5.41) is 3.37. The van der Waals surface area contributed by atoms with Crippen LogP contribution < -0.4 is 11.1 Å². The van der Waals surface area contributed by atoms with E-state index in [0.29, 0.717) is 24.0 Å². The number of rotatable bonds is 5. The number of benzene rings is 1. The van der Waals surface area contributed by atoms with Gasteiger partial charge in [0.25, 0.3) is 0 Å². The third-order valence-electron chi connectivity index (χ3n) is 4.26. The molecule has 0 amide bonds. The lowest BCUT2D eigenvalue weighted by Gasteiger charge is -2.27. The van der Waals surface area contributed by atoms with Crippen LogP contribution in [-0.2, 0) is 6.54 Å². The smallest absolute Gasteiger partial charge is 0.408 e. The zero-order valence-electron chi connectivity index (χ0n) is 12.9. The highest BCUT2D eigenvalue weighted by Gasteiger charge is 2.21. The molecule has 4 nitrogen and oxygen atoms in total. The largest absolute Gasteiger partial charge is 0.419 e. The van der Waals surface area contributed by atoms with E-state index in [4.69, 9.17) is 4.42 Å². The molecule has 2 rings (SSSR count). The van der Waals surface area contributed by atoms with Gasteiger partial charge in [0.15, 0.2) is 5.58 Å². The van der Waals surface area contributed by atoms with Gasteiger partial charge in [0, 0.05) is 12.6 Å². The van der Waals surface area contributed by atoms with E-state index in [0.717, 1.165) is 5.52 Å². The van der Waals surface area contributed by atoms with Gasteiger partial charge in [-0.15, -0.1) is 0 Å². The summed E-state index contributed by atoms with van der Waals surface area (Å²) in [6.45, 7) is 9.26. The van der Waals surface area contributed by atoms with Crippen molar-refractivity contribution in [2.45, 2.75) is 40.3 Å². The molecule has 1 aromatic heterocycles. The van der Waals surface area contributed by atoms with Crippen molar-refractivity contribution < 1.29 is 4.42 Å². The second kappa shape index (κ2) is 5.83. The van der Waals surface area contributed by atoms with Crippen LogP contribution in [0.1, 0.15) is 39.3 Å². The lowest BCUT2D eigenvalue weighted by atomic mass is 9.86. The molecule has 0 bridgehead atoms. The molecule has 0 saturated carbocycles. The molecule has 0 aliphatic heterocycles. The van der Waals surface area contributed by atoms with Crippen molar-refractivity contribution in [3.63, 3.8) is 0 Å². The van der Waals surface area contributed by atoms with Gasteiger partial charge in [-0.25, -0.2) is 4.79 Å². The number of hydrogen-bond donors (Lipinski definition) is 1. The molecule has 0 saturated heterocycles. The highest BCUT2D eigenvalue weighted by Crippen LogP contribution is 2.29. The van der Waals surface area contributed by atoms with Crippen LogP contribution in [0.15, 0.2) is 27.4 Å². The number of hydrogen-bond acceptors (Lipinski definition) is 3. The lowest BCUT2D eigenvalue weighted by molar-refractivity contribution is 0.317. The van der Waals surface area contributed by atoms with Gasteiger partial charge in [0.05, 0.1) is 5.52 Å². The number of nitrogens with zero attached hydrogens (tertiary/aromatic N) is 1. The number of oxazole rings is 1. The maximum atomic E-state index is 11.7. The van der Waals surface area contributed by atoms with E-state index >= 15 is 0 Å². The van der Waals surface area contributed by atoms with E-state index in [1.807, 2.05) is 26.1 Å². The van der Waals surface area contributed by atoms with Crippen molar-refractivity contribution in [2.24, 2.45) is 11.8 Å². The number of fused-ring (bicyclic) bond motifs is 1. The minimum absolute atomic E-state index is 0.259. The molecule has 20 heavy (non-hydrogen) atoms. The van der Waals surface area contributed by atoms with Crippen molar-refractivity contribution in [1.29, 1.82) is 0 Å². The van der Waals surface area contributed by atoms with Gasteiger partial charge in [-0.1, -0.05) is 26.8 Å². The van der Waals surface area contributed by atoms with Crippen LogP contribution in [0.25, 0.3) is 11.1 Å². The average molecular weight is 276 g/mol. The Labute approximate surface area is 119 Å². The highest BCUT2D eigenvalue weighted by molar-refractivity contribution is 5.74. The fraction of sp³-hybridized carbons (Fsp3) is 0.562. The van der Waals surface area contributed by atoms with Crippen LogP contribution in [0.5, 0.6) is 0 Å². The zero-order valence-corrected chi connectivity index (χ0v) is 12.9. The summed E-state index contributed by atoms with van der Waals surface area (Å²) in [6.07, 6.45) is 0. The van der Waals surface area contributed by atoms with Crippen LogP contribution >= 0.6 is 0 Å². The standard InChI is InChI=1S/C16H24N2O2/c1-6-18-13-8-7-12(9-14(13)20-16(18)19)15(17-5)11(4)10(2)3/h7-11,15,17H,6H2,1-5H3. The Morgan fingerprint density at radius 1 is 1.30 bits per heavy atom. The van der Waals surface area contributed by atoms with Crippen molar-refractivity contribution in [2.75, 3.05) is 7.05 Å². The van der Waals surface area contributed by atoms with E-state index in [1.54, 1.807) is 4.57 Å². The maximum Gasteiger partial charge on any atom is 0.419 e. The Morgan fingerprint density at radius 2 is 2.00 bits per heavy atom. The Kier molecular flexibility index (Phi) is 4.33. The van der Waals surface area contributed by atoms with E-state index < -0.39 is 0 Å². The predicted octanol–water partition coefficient (Wildman–Crippen LogP) is 3.17. The van der Waals surface area contributed by atoms with Gasteiger partial charge in [-0.2, -0.15) is 0 Å². The van der Waals surface area contributed by atoms with E-state index in [2.05, 4.69) is 32.2 Å². The van der Waals surface area contributed by atoms with Crippen LogP contribution in [-0.4, -0.2) is 11.6 Å². The number of aryl methyl sites for hydroxylation is 1. The van der Waals surface area contributed by atoms with Gasteiger partial charge in [0.2, 0.25) is 0 Å². The molecule has 0 fully saturated rings. The van der Waals surface area contributed by atoms with Crippen molar-refractivity contribution in [3.8, 4) is 0 Å². The fourth-order valence-electron chi connectivity index (χ4n) is 2.69. The lowest BCUT2D eigenvalue weighted by Crippen LogP contribution is -2.26. The predicted molar refractivity (Wildman–Crippen MR) is 82.0 cm³/mol. The molecule has 2 aromatic rings. The minimum atomic E-state index is -0.280. The average Bonchev–Trinajstić information content (AvgIpc) is 2.73. The van der Waals surface area contributed by atoms with Crippen LogP contribution in [0, 0.1) is 11.8 Å². The molecular formula is C16H24N2O2. The van der Waals surface area contributed by atoms with Crippen LogP contribution in [0.3, 0.4) is 0 Å². The summed E-state index contributed by atoms with van der Waals surface area (Å²) >= 11 is 0. The fourth-order valence-corrected chi connectivity index (χ4v) is 2.69. The van der Waals surface area contributed by atoms with Gasteiger partial charge < -0.3 is 9.73 Å². The molecule has 4 heteroatoms. The minimum Gasteiger partial charge on any atom is -0.408 e. The topological polar surface area (TPSA) is 47.2 Å². The second-order valence-electron chi connectivity index (χ2n) is 5.71. The highest BCUT2D eigenvalue weighted by atomic mass is 16.4. The molecule has 1 heterocycles. The third kappa shape index (κ3) is 2.52. The van der Waals surface area contributed by atoms with Gasteiger partial charge >= 0.3 is 5.76 Å².